The molecule has 1 aliphatic heterocycles. The molecule has 0 unspecified atom stereocenters. The van der Waals surface area contributed by atoms with Crippen molar-refractivity contribution in [2.75, 3.05) is 26.1 Å². The van der Waals surface area contributed by atoms with Gasteiger partial charge in [-0.25, -0.2) is 0 Å². The first-order valence-corrected chi connectivity index (χ1v) is 10.2. The Labute approximate surface area is 192 Å². The van der Waals surface area contributed by atoms with E-state index in [4.69, 9.17) is 21.7 Å². The van der Waals surface area contributed by atoms with Crippen LogP contribution in [0.4, 0.5) is 11.4 Å². The maximum Gasteiger partial charge on any atom is 0.273 e. The number of amides is 2. The Balaban J connectivity index is 1.72. The SMILES string of the molecule is COc1ccc(C=C2SC(=S)N(CC(=O)Nc3ccc([N+](=O)[O-])cc3O)C2=O)cc1OC. The summed E-state index contributed by atoms with van der Waals surface area (Å²) in [6.45, 7) is -0.385. The maximum absolute atomic E-state index is 12.8. The van der Waals surface area contributed by atoms with Crippen molar-refractivity contribution >= 4 is 57.6 Å². The number of nitrogens with one attached hydrogen (secondary N) is 1. The third-order valence-electron chi connectivity index (χ3n) is 4.35. The van der Waals surface area contributed by atoms with Crippen molar-refractivity contribution in [1.82, 2.24) is 4.90 Å². The highest BCUT2D eigenvalue weighted by atomic mass is 32.2. The molecule has 0 atom stereocenters. The summed E-state index contributed by atoms with van der Waals surface area (Å²) in [4.78, 5) is 36.7. The Kier molecular flexibility index (Phi) is 6.95. The van der Waals surface area contributed by atoms with E-state index < -0.39 is 22.5 Å². The summed E-state index contributed by atoms with van der Waals surface area (Å²) in [5.41, 5.74) is 0.341. The second kappa shape index (κ2) is 9.66. The van der Waals surface area contributed by atoms with Crippen molar-refractivity contribution in [3.63, 3.8) is 0 Å². The summed E-state index contributed by atoms with van der Waals surface area (Å²) in [5.74, 6) is -0.496. The number of carbonyl (C=O) groups excluding carboxylic acids is 2. The first kappa shape index (κ1) is 23.0. The van der Waals surface area contributed by atoms with E-state index in [1.54, 1.807) is 24.3 Å². The van der Waals surface area contributed by atoms with Crippen LogP contribution in [0.15, 0.2) is 41.3 Å². The lowest BCUT2D eigenvalue weighted by Gasteiger charge is -2.14. The van der Waals surface area contributed by atoms with Gasteiger partial charge in [0.25, 0.3) is 11.6 Å². The molecule has 1 saturated heterocycles. The highest BCUT2D eigenvalue weighted by molar-refractivity contribution is 8.26. The van der Waals surface area contributed by atoms with Crippen LogP contribution in [0.1, 0.15) is 5.56 Å². The molecular weight excluding hydrogens is 458 g/mol. The van der Waals surface area contributed by atoms with Gasteiger partial charge in [0.15, 0.2) is 11.5 Å². The molecule has 0 aliphatic carbocycles. The second-order valence-corrected chi connectivity index (χ2v) is 8.06. The number of rotatable bonds is 7. The molecule has 1 heterocycles. The number of hydrogen-bond acceptors (Lipinski definition) is 9. The number of ether oxygens (including phenoxy) is 2. The first-order valence-electron chi connectivity index (χ1n) is 8.98. The third kappa shape index (κ3) is 4.98. The van der Waals surface area contributed by atoms with E-state index in [1.165, 1.54) is 20.3 Å². The molecule has 0 radical (unpaired) electrons. The van der Waals surface area contributed by atoms with E-state index in [-0.39, 0.29) is 22.2 Å². The second-order valence-electron chi connectivity index (χ2n) is 6.39. The van der Waals surface area contributed by atoms with Crippen LogP contribution in [0.3, 0.4) is 0 Å². The number of nitrogens with zero attached hydrogens (tertiary/aromatic N) is 2. The van der Waals surface area contributed by atoms with E-state index in [2.05, 4.69) is 5.32 Å². The molecule has 32 heavy (non-hydrogen) atoms. The van der Waals surface area contributed by atoms with E-state index >= 15 is 0 Å². The number of anilines is 1. The fraction of sp³-hybridized carbons (Fsp3) is 0.150. The lowest BCUT2D eigenvalue weighted by Crippen LogP contribution is -2.36. The number of nitro groups is 1. The van der Waals surface area contributed by atoms with E-state index in [0.29, 0.717) is 22.0 Å². The summed E-state index contributed by atoms with van der Waals surface area (Å²) >= 11 is 6.28. The van der Waals surface area contributed by atoms with Gasteiger partial charge in [-0.2, -0.15) is 0 Å². The normalized spacial score (nSPS) is 14.6. The average molecular weight is 476 g/mol. The third-order valence-corrected chi connectivity index (χ3v) is 5.72. The van der Waals surface area contributed by atoms with Crippen LogP contribution >= 0.6 is 24.0 Å². The predicted molar refractivity (Wildman–Crippen MR) is 123 cm³/mol. The highest BCUT2D eigenvalue weighted by Gasteiger charge is 2.33. The minimum absolute atomic E-state index is 0.0214. The summed E-state index contributed by atoms with van der Waals surface area (Å²) in [5, 5.41) is 23.0. The Morgan fingerprint density at radius 2 is 1.97 bits per heavy atom. The highest BCUT2D eigenvalue weighted by Crippen LogP contribution is 2.35. The maximum atomic E-state index is 12.8. The number of phenols is 1. The first-order chi connectivity index (χ1) is 15.2. The van der Waals surface area contributed by atoms with E-state index in [0.717, 1.165) is 28.8 Å². The van der Waals surface area contributed by atoms with Gasteiger partial charge in [-0.05, 0) is 29.8 Å². The zero-order chi connectivity index (χ0) is 23.4. The standard InChI is InChI=1S/C20H17N3O7S2/c1-29-15-6-3-11(7-16(15)30-2)8-17-19(26)22(20(31)32-17)10-18(25)21-13-5-4-12(23(27)28)9-14(13)24/h3-9,24H,10H2,1-2H3,(H,21,25). The minimum atomic E-state index is -0.670. The van der Waals surface area contributed by atoms with Gasteiger partial charge in [0.05, 0.1) is 35.8 Å². The van der Waals surface area contributed by atoms with Gasteiger partial charge in [0.2, 0.25) is 5.91 Å². The Morgan fingerprint density at radius 3 is 2.59 bits per heavy atom. The number of carbonyl (C=O) groups is 2. The van der Waals surface area contributed by atoms with Crippen LogP contribution in [-0.2, 0) is 9.59 Å². The average Bonchev–Trinajstić information content (AvgIpc) is 3.02. The number of methoxy groups -OCH3 is 2. The quantitative estimate of drug-likeness (QED) is 0.204. The lowest BCUT2D eigenvalue weighted by molar-refractivity contribution is -0.384. The zero-order valence-corrected chi connectivity index (χ0v) is 18.5. The minimum Gasteiger partial charge on any atom is -0.506 e. The van der Waals surface area contributed by atoms with E-state index in [9.17, 15) is 24.8 Å². The molecule has 3 rings (SSSR count). The van der Waals surface area contributed by atoms with Crippen LogP contribution in [0, 0.1) is 10.1 Å². The van der Waals surface area contributed by atoms with Crippen LogP contribution < -0.4 is 14.8 Å². The molecule has 2 aromatic carbocycles. The number of benzene rings is 2. The lowest BCUT2D eigenvalue weighted by atomic mass is 10.2. The fourth-order valence-corrected chi connectivity index (χ4v) is 4.06. The Morgan fingerprint density at radius 1 is 1.25 bits per heavy atom. The molecule has 2 N–H and O–H groups in total. The van der Waals surface area contributed by atoms with Crippen molar-refractivity contribution < 1.29 is 29.1 Å². The molecule has 0 bridgehead atoms. The van der Waals surface area contributed by atoms with Crippen molar-refractivity contribution in [2.24, 2.45) is 0 Å². The fourth-order valence-electron chi connectivity index (χ4n) is 2.80. The Bertz CT molecular complexity index is 1150. The molecule has 0 saturated carbocycles. The number of phenolic OH excluding ortho intramolecular Hbond substituents is 1. The summed E-state index contributed by atoms with van der Waals surface area (Å²) < 4.78 is 10.6. The summed E-state index contributed by atoms with van der Waals surface area (Å²) in [7, 11) is 3.02. The number of non-ortho nitro benzene ring substituents is 1. The largest absolute Gasteiger partial charge is 0.506 e. The predicted octanol–water partition coefficient (Wildman–Crippen LogP) is 3.16. The van der Waals surface area contributed by atoms with Crippen molar-refractivity contribution in [3.05, 3.63) is 57.0 Å². The number of thiocarbonyl (C=S) groups is 1. The topological polar surface area (TPSA) is 131 Å². The molecule has 0 spiro atoms. The van der Waals surface area contributed by atoms with Crippen molar-refractivity contribution in [1.29, 1.82) is 0 Å². The monoisotopic (exact) mass is 475 g/mol. The van der Waals surface area contributed by atoms with Gasteiger partial charge in [-0.1, -0.05) is 30.0 Å². The van der Waals surface area contributed by atoms with Gasteiger partial charge in [-0.3, -0.25) is 24.6 Å². The van der Waals surface area contributed by atoms with Crippen LogP contribution in [0.5, 0.6) is 17.2 Å². The van der Waals surface area contributed by atoms with Gasteiger partial charge in [0.1, 0.15) is 16.6 Å². The number of thioether (sulfide) groups is 1. The van der Waals surface area contributed by atoms with Gasteiger partial charge < -0.3 is 19.9 Å². The van der Waals surface area contributed by atoms with Crippen molar-refractivity contribution in [2.45, 2.75) is 0 Å². The van der Waals surface area contributed by atoms with E-state index in [1.807, 2.05) is 0 Å². The summed E-state index contributed by atoms with van der Waals surface area (Å²) in [6, 6.07) is 8.41. The number of hydrogen-bond donors (Lipinski definition) is 2. The molecule has 1 aliphatic rings. The van der Waals surface area contributed by atoms with Crippen molar-refractivity contribution in [3.8, 4) is 17.2 Å². The summed E-state index contributed by atoms with van der Waals surface area (Å²) in [6.07, 6.45) is 1.63. The van der Waals surface area contributed by atoms with Gasteiger partial charge in [-0.15, -0.1) is 0 Å². The smallest absolute Gasteiger partial charge is 0.273 e. The molecule has 0 aromatic heterocycles. The van der Waals surface area contributed by atoms with Gasteiger partial charge in [0, 0.05) is 6.07 Å². The molecule has 1 fully saturated rings. The molecule has 166 valence electrons. The van der Waals surface area contributed by atoms with Gasteiger partial charge >= 0.3 is 0 Å². The molecular formula is C20H17N3O7S2. The molecule has 10 nitrogen and oxygen atoms in total. The van der Waals surface area contributed by atoms with Crippen LogP contribution in [0.25, 0.3) is 6.08 Å². The number of nitro benzene ring substituents is 1. The zero-order valence-electron chi connectivity index (χ0n) is 16.9. The molecule has 2 aromatic rings. The number of aromatic hydroxyl groups is 1. The van der Waals surface area contributed by atoms with Crippen LogP contribution in [0.2, 0.25) is 0 Å². The molecule has 12 heteroatoms. The van der Waals surface area contributed by atoms with Crippen LogP contribution in [-0.4, -0.2) is 51.8 Å². The molecule has 2 amide bonds. The Hall–Kier alpha value is -3.64.